The molecule has 0 aliphatic carbocycles. The van der Waals surface area contributed by atoms with Crippen molar-refractivity contribution in [2.45, 2.75) is 4.90 Å². The van der Waals surface area contributed by atoms with Crippen LogP contribution < -0.4 is 0 Å². The van der Waals surface area contributed by atoms with Crippen molar-refractivity contribution in [3.8, 4) is 5.40 Å². The van der Waals surface area contributed by atoms with Crippen LogP contribution >= 0.6 is 11.8 Å². The molecule has 2 rings (SSSR count). The van der Waals surface area contributed by atoms with Crippen LogP contribution in [-0.4, -0.2) is 16.1 Å². The first-order valence-electron chi connectivity index (χ1n) is 4.13. The molecule has 0 bridgehead atoms. The number of aromatic carboxylic acids is 1. The van der Waals surface area contributed by atoms with E-state index in [0.717, 1.165) is 17.3 Å². The number of aromatic amines is 1. The zero-order valence-electron chi connectivity index (χ0n) is 7.52. The maximum atomic E-state index is 11.0. The number of hydrogen-bond donors (Lipinski definition) is 2. The number of thiocyanates is 1. The predicted molar refractivity (Wildman–Crippen MR) is 56.7 cm³/mol. The van der Waals surface area contributed by atoms with Gasteiger partial charge in [-0.3, -0.25) is 0 Å². The van der Waals surface area contributed by atoms with Crippen LogP contribution in [0.25, 0.3) is 10.9 Å². The third kappa shape index (κ3) is 1.55. The summed E-state index contributed by atoms with van der Waals surface area (Å²) in [6.07, 6.45) is 1.64. The van der Waals surface area contributed by atoms with Crippen molar-refractivity contribution >= 4 is 28.6 Å². The lowest BCUT2D eigenvalue weighted by Crippen LogP contribution is -1.96. The van der Waals surface area contributed by atoms with Crippen LogP contribution in [0.3, 0.4) is 0 Å². The van der Waals surface area contributed by atoms with Gasteiger partial charge in [-0.2, -0.15) is 5.26 Å². The molecule has 4 nitrogen and oxygen atoms in total. The van der Waals surface area contributed by atoms with Gasteiger partial charge >= 0.3 is 5.97 Å². The Bertz CT molecular complexity index is 568. The summed E-state index contributed by atoms with van der Waals surface area (Å²) in [5.41, 5.74) is 0.944. The van der Waals surface area contributed by atoms with E-state index in [0.29, 0.717) is 10.3 Å². The van der Waals surface area contributed by atoms with Crippen molar-refractivity contribution in [1.29, 1.82) is 5.26 Å². The predicted octanol–water partition coefficient (Wildman–Crippen LogP) is 2.44. The smallest absolute Gasteiger partial charge is 0.336 e. The van der Waals surface area contributed by atoms with Crippen LogP contribution in [-0.2, 0) is 0 Å². The number of carboxylic acid groups (broad SMARTS) is 1. The highest BCUT2D eigenvalue weighted by Gasteiger charge is 2.13. The lowest BCUT2D eigenvalue weighted by molar-refractivity contribution is 0.0699. The summed E-state index contributed by atoms with van der Waals surface area (Å²) in [4.78, 5) is 14.5. The minimum Gasteiger partial charge on any atom is -0.478 e. The standard InChI is InChI=1S/C10H6N2O2S/c11-5-15-8-4-12-7-3-1-2-6(9(7)8)10(13)14/h1-4,12H,(H,13,14). The van der Waals surface area contributed by atoms with Crippen molar-refractivity contribution < 1.29 is 9.90 Å². The minimum atomic E-state index is -0.986. The van der Waals surface area contributed by atoms with E-state index in [2.05, 4.69) is 4.98 Å². The highest BCUT2D eigenvalue weighted by molar-refractivity contribution is 8.04. The van der Waals surface area contributed by atoms with Crippen molar-refractivity contribution in [3.05, 3.63) is 30.0 Å². The monoisotopic (exact) mass is 218 g/mol. The molecule has 74 valence electrons. The fourth-order valence-corrected chi connectivity index (χ4v) is 2.00. The molecule has 0 aliphatic heterocycles. The molecular weight excluding hydrogens is 212 g/mol. The van der Waals surface area contributed by atoms with E-state index in [1.165, 1.54) is 6.07 Å². The summed E-state index contributed by atoms with van der Waals surface area (Å²) < 4.78 is 0. The molecular formula is C10H6N2O2S. The molecule has 0 fully saturated rings. The van der Waals surface area contributed by atoms with Crippen LogP contribution in [0.5, 0.6) is 0 Å². The van der Waals surface area contributed by atoms with Gasteiger partial charge in [0.1, 0.15) is 5.40 Å². The van der Waals surface area contributed by atoms with Crippen LogP contribution in [0.4, 0.5) is 0 Å². The number of aromatic nitrogens is 1. The third-order valence-corrected chi connectivity index (χ3v) is 2.69. The van der Waals surface area contributed by atoms with Crippen molar-refractivity contribution in [1.82, 2.24) is 4.98 Å². The Labute approximate surface area is 89.5 Å². The molecule has 1 aromatic carbocycles. The molecule has 0 saturated carbocycles. The van der Waals surface area contributed by atoms with E-state index in [1.807, 2.05) is 5.40 Å². The molecule has 0 aliphatic rings. The average molecular weight is 218 g/mol. The first-order valence-corrected chi connectivity index (χ1v) is 4.95. The second-order valence-corrected chi connectivity index (χ2v) is 3.71. The first-order chi connectivity index (χ1) is 7.24. The Hall–Kier alpha value is -1.93. The SMILES string of the molecule is N#CSc1c[nH]c2cccc(C(=O)O)c12. The van der Waals surface area contributed by atoms with Gasteiger partial charge in [-0.05, 0) is 23.9 Å². The quantitative estimate of drug-likeness (QED) is 0.599. The van der Waals surface area contributed by atoms with Crippen LogP contribution in [0, 0.1) is 10.7 Å². The van der Waals surface area contributed by atoms with Gasteiger partial charge in [0.25, 0.3) is 0 Å². The molecule has 0 amide bonds. The summed E-state index contributed by atoms with van der Waals surface area (Å²) in [5.74, 6) is -0.986. The third-order valence-electron chi connectivity index (χ3n) is 2.06. The van der Waals surface area contributed by atoms with Crippen molar-refractivity contribution in [2.24, 2.45) is 0 Å². The number of carbonyl (C=O) groups is 1. The van der Waals surface area contributed by atoms with Gasteiger partial charge in [-0.1, -0.05) is 6.07 Å². The number of hydrogen-bond acceptors (Lipinski definition) is 3. The number of H-pyrrole nitrogens is 1. The van der Waals surface area contributed by atoms with E-state index in [4.69, 9.17) is 10.4 Å². The maximum Gasteiger partial charge on any atom is 0.336 e. The Balaban J connectivity index is 2.76. The number of benzene rings is 1. The molecule has 2 aromatic rings. The lowest BCUT2D eigenvalue weighted by atomic mass is 10.1. The molecule has 1 aromatic heterocycles. The average Bonchev–Trinajstić information content (AvgIpc) is 2.62. The molecule has 1 heterocycles. The number of thioether (sulfide) groups is 1. The van der Waals surface area contributed by atoms with E-state index >= 15 is 0 Å². The molecule has 5 heteroatoms. The van der Waals surface area contributed by atoms with Gasteiger partial charge in [0, 0.05) is 22.0 Å². The first kappa shape index (κ1) is 9.62. The Morgan fingerprint density at radius 3 is 3.00 bits per heavy atom. The van der Waals surface area contributed by atoms with Crippen LogP contribution in [0.15, 0.2) is 29.3 Å². The van der Waals surface area contributed by atoms with Crippen LogP contribution in [0.2, 0.25) is 0 Å². The van der Waals surface area contributed by atoms with Gasteiger partial charge in [0.2, 0.25) is 0 Å². The maximum absolute atomic E-state index is 11.0. The van der Waals surface area contributed by atoms with Gasteiger partial charge in [0.15, 0.2) is 0 Å². The largest absolute Gasteiger partial charge is 0.478 e. The summed E-state index contributed by atoms with van der Waals surface area (Å²) in [7, 11) is 0. The molecule has 0 unspecified atom stereocenters. The zero-order valence-corrected chi connectivity index (χ0v) is 8.34. The summed E-state index contributed by atoms with van der Waals surface area (Å²) in [6, 6.07) is 4.98. The van der Waals surface area contributed by atoms with E-state index < -0.39 is 5.97 Å². The number of rotatable bonds is 2. The number of nitriles is 1. The van der Waals surface area contributed by atoms with Crippen LogP contribution in [0.1, 0.15) is 10.4 Å². The van der Waals surface area contributed by atoms with Gasteiger partial charge in [0.05, 0.1) is 5.56 Å². The highest BCUT2D eigenvalue weighted by Crippen LogP contribution is 2.29. The second kappa shape index (κ2) is 3.67. The Morgan fingerprint density at radius 1 is 1.53 bits per heavy atom. The van der Waals surface area contributed by atoms with Crippen molar-refractivity contribution in [3.63, 3.8) is 0 Å². The van der Waals surface area contributed by atoms with E-state index in [-0.39, 0.29) is 5.56 Å². The molecule has 0 atom stereocenters. The number of nitrogens with zero attached hydrogens (tertiary/aromatic N) is 1. The lowest BCUT2D eigenvalue weighted by Gasteiger charge is -1.98. The van der Waals surface area contributed by atoms with Crippen molar-refractivity contribution in [2.75, 3.05) is 0 Å². The van der Waals surface area contributed by atoms with Gasteiger partial charge < -0.3 is 10.1 Å². The molecule has 2 N–H and O–H groups in total. The molecule has 15 heavy (non-hydrogen) atoms. The summed E-state index contributed by atoms with van der Waals surface area (Å²) >= 11 is 0.954. The topological polar surface area (TPSA) is 76.9 Å². The number of fused-ring (bicyclic) bond motifs is 1. The molecule has 0 saturated heterocycles. The fraction of sp³-hybridized carbons (Fsp3) is 0. The summed E-state index contributed by atoms with van der Waals surface area (Å²) in [5, 5.41) is 20.1. The second-order valence-electron chi connectivity index (χ2n) is 2.88. The zero-order chi connectivity index (χ0) is 10.8. The fourth-order valence-electron chi connectivity index (χ4n) is 1.46. The molecule has 0 spiro atoms. The van der Waals surface area contributed by atoms with Gasteiger partial charge in [-0.15, -0.1) is 0 Å². The van der Waals surface area contributed by atoms with E-state index in [9.17, 15) is 4.79 Å². The normalized spacial score (nSPS) is 10.1. The number of carboxylic acids is 1. The van der Waals surface area contributed by atoms with E-state index in [1.54, 1.807) is 18.3 Å². The minimum absolute atomic E-state index is 0.214. The Kier molecular flexibility index (Phi) is 2.35. The Morgan fingerprint density at radius 2 is 2.33 bits per heavy atom. The highest BCUT2D eigenvalue weighted by atomic mass is 32.2. The van der Waals surface area contributed by atoms with Gasteiger partial charge in [-0.25, -0.2) is 4.79 Å². The molecule has 0 radical (unpaired) electrons. The number of nitrogens with one attached hydrogen (secondary N) is 1. The summed E-state index contributed by atoms with van der Waals surface area (Å²) in [6.45, 7) is 0.